The zero-order chi connectivity index (χ0) is 21.2. The van der Waals surface area contributed by atoms with E-state index in [1.54, 1.807) is 0 Å². The Morgan fingerprint density at radius 1 is 1.13 bits per heavy atom. The lowest BCUT2D eigenvalue weighted by Gasteiger charge is -2.24. The minimum atomic E-state index is 0.433. The van der Waals surface area contributed by atoms with Gasteiger partial charge >= 0.3 is 0 Å². The third kappa shape index (κ3) is 4.16. The normalized spacial score (nSPS) is 14.8. The zero-order valence-corrected chi connectivity index (χ0v) is 17.8. The minimum Gasteiger partial charge on any atom is -0.381 e. The molecule has 1 aliphatic heterocycles. The number of rotatable bonds is 5. The molecule has 0 amide bonds. The van der Waals surface area contributed by atoms with Crippen LogP contribution in [0.4, 0.5) is 0 Å². The van der Waals surface area contributed by atoms with Gasteiger partial charge in [0, 0.05) is 24.5 Å². The van der Waals surface area contributed by atoms with Crippen molar-refractivity contribution < 1.29 is 9.26 Å². The average Bonchev–Trinajstić information content (AvgIpc) is 3.42. The first-order chi connectivity index (χ1) is 15.2. The third-order valence-electron chi connectivity index (χ3n) is 5.92. The first-order valence-corrected chi connectivity index (χ1v) is 10.7. The zero-order valence-electron chi connectivity index (χ0n) is 17.8. The minimum absolute atomic E-state index is 0.433. The number of nitrogens with zero attached hydrogens (tertiary/aromatic N) is 4. The molecule has 157 valence electrons. The van der Waals surface area contributed by atoms with Gasteiger partial charge in [0.15, 0.2) is 5.69 Å². The van der Waals surface area contributed by atoms with E-state index in [2.05, 4.69) is 52.5 Å². The van der Waals surface area contributed by atoms with Crippen molar-refractivity contribution in [1.29, 1.82) is 0 Å². The van der Waals surface area contributed by atoms with Crippen molar-refractivity contribution in [3.63, 3.8) is 0 Å². The summed E-state index contributed by atoms with van der Waals surface area (Å²) in [7, 11) is 0. The summed E-state index contributed by atoms with van der Waals surface area (Å²) in [5.74, 6) is 1.59. The van der Waals surface area contributed by atoms with Gasteiger partial charge in [-0.15, -0.1) is 0 Å². The Balaban J connectivity index is 1.37. The predicted octanol–water partition coefficient (Wildman–Crippen LogP) is 4.96. The van der Waals surface area contributed by atoms with Crippen LogP contribution in [-0.2, 0) is 11.3 Å². The summed E-state index contributed by atoms with van der Waals surface area (Å²) in [5.41, 5.74) is 6.48. The van der Waals surface area contributed by atoms with Crippen molar-refractivity contribution in [2.45, 2.75) is 39.2 Å². The Morgan fingerprint density at radius 2 is 2.00 bits per heavy atom. The molecule has 0 N–H and O–H groups in total. The van der Waals surface area contributed by atoms with Crippen LogP contribution < -0.4 is 0 Å². The summed E-state index contributed by atoms with van der Waals surface area (Å²) < 4.78 is 13.0. The monoisotopic (exact) mass is 413 g/mol. The molecule has 0 atom stereocenters. The van der Waals surface area contributed by atoms with Crippen molar-refractivity contribution in [2.75, 3.05) is 13.2 Å². The lowest BCUT2D eigenvalue weighted by Crippen LogP contribution is -2.14. The maximum absolute atomic E-state index is 5.55. The highest BCUT2D eigenvalue weighted by Crippen LogP contribution is 2.32. The Bertz CT molecular complexity index is 1170. The molecule has 0 unspecified atom stereocenters. The van der Waals surface area contributed by atoms with Gasteiger partial charge in [-0.1, -0.05) is 35.5 Å². The lowest BCUT2D eigenvalue weighted by atomic mass is 9.88. The van der Waals surface area contributed by atoms with Crippen molar-refractivity contribution in [2.24, 2.45) is 0 Å². The van der Waals surface area contributed by atoms with Crippen LogP contribution in [-0.4, -0.2) is 33.1 Å². The summed E-state index contributed by atoms with van der Waals surface area (Å²) in [6, 6.07) is 19.4. The molecule has 0 aliphatic carbocycles. The standard InChI is InChI=1S/C25H25N4O2/c1-17-14-21(8-9-22(17)20-10-12-30-13-11-20)24-26-25(31-28-24)23-15-18(2)29(27-23)16-19-6-4-3-5-7-19/h3-4,6-9,14-15,20H,10-13,16H2,1-2H3. The summed E-state index contributed by atoms with van der Waals surface area (Å²) in [6.45, 7) is 6.54. The van der Waals surface area contributed by atoms with Crippen LogP contribution in [0, 0.1) is 19.9 Å². The Hall–Kier alpha value is -3.25. The highest BCUT2D eigenvalue weighted by molar-refractivity contribution is 5.60. The van der Waals surface area contributed by atoms with Crippen molar-refractivity contribution in [3.8, 4) is 23.0 Å². The molecule has 5 rings (SSSR count). The number of hydrogen-bond donors (Lipinski definition) is 0. The number of hydrogen-bond acceptors (Lipinski definition) is 5. The van der Waals surface area contributed by atoms with Gasteiger partial charge in [0.1, 0.15) is 0 Å². The van der Waals surface area contributed by atoms with Gasteiger partial charge in [-0.05, 0) is 73.6 Å². The van der Waals surface area contributed by atoms with Crippen LogP contribution in [0.2, 0.25) is 0 Å². The van der Waals surface area contributed by atoms with Crippen molar-refractivity contribution in [1.82, 2.24) is 19.9 Å². The molecule has 6 nitrogen and oxygen atoms in total. The highest BCUT2D eigenvalue weighted by Gasteiger charge is 2.19. The summed E-state index contributed by atoms with van der Waals surface area (Å²) in [5, 5.41) is 8.88. The van der Waals surface area contributed by atoms with Crippen LogP contribution in [0.1, 0.15) is 41.1 Å². The maximum atomic E-state index is 5.55. The van der Waals surface area contributed by atoms with Crippen LogP contribution in [0.15, 0.2) is 53.1 Å². The summed E-state index contributed by atoms with van der Waals surface area (Å²) in [6.07, 6.45) is 2.16. The van der Waals surface area contributed by atoms with Crippen LogP contribution in [0.25, 0.3) is 23.0 Å². The second kappa shape index (κ2) is 8.47. The van der Waals surface area contributed by atoms with Gasteiger partial charge in [0.05, 0.1) is 6.54 Å². The van der Waals surface area contributed by atoms with Crippen molar-refractivity contribution >= 4 is 0 Å². The molecule has 2 aromatic heterocycles. The maximum Gasteiger partial charge on any atom is 0.278 e. The molecule has 0 bridgehead atoms. The van der Waals surface area contributed by atoms with Crippen LogP contribution >= 0.6 is 0 Å². The van der Waals surface area contributed by atoms with Crippen molar-refractivity contribution in [3.05, 3.63) is 77.0 Å². The lowest BCUT2D eigenvalue weighted by molar-refractivity contribution is 0.0852. The molecule has 2 aromatic carbocycles. The molecule has 4 aromatic rings. The fourth-order valence-electron chi connectivity index (χ4n) is 4.20. The molecule has 1 fully saturated rings. The van der Waals surface area contributed by atoms with Crippen LogP contribution in [0.3, 0.4) is 0 Å². The summed E-state index contributed by atoms with van der Waals surface area (Å²) in [4.78, 5) is 4.62. The van der Waals surface area contributed by atoms with Gasteiger partial charge in [-0.25, -0.2) is 0 Å². The Labute approximate surface area is 181 Å². The molecule has 1 saturated heterocycles. The number of benzene rings is 2. The molecule has 3 heterocycles. The molecule has 0 saturated carbocycles. The molecular formula is C25H25N4O2. The molecule has 6 heteroatoms. The highest BCUT2D eigenvalue weighted by atomic mass is 16.5. The molecule has 1 aliphatic rings. The molecule has 31 heavy (non-hydrogen) atoms. The van der Waals surface area contributed by atoms with E-state index in [1.165, 1.54) is 11.1 Å². The van der Waals surface area contributed by atoms with E-state index in [-0.39, 0.29) is 0 Å². The molecule has 1 radical (unpaired) electrons. The van der Waals surface area contributed by atoms with E-state index in [9.17, 15) is 0 Å². The topological polar surface area (TPSA) is 66.0 Å². The smallest absolute Gasteiger partial charge is 0.278 e. The first kappa shape index (κ1) is 19.7. The fraction of sp³-hybridized carbons (Fsp3) is 0.320. The SMILES string of the molecule is Cc1cc(-c2noc(-c3cc(C)n(Cc4c[c]ccc4)n3)n2)ccc1C1CCOCC1. The van der Waals surface area contributed by atoms with E-state index in [0.717, 1.165) is 42.9 Å². The Kier molecular flexibility index (Phi) is 5.38. The van der Waals surface area contributed by atoms with Gasteiger partial charge < -0.3 is 9.26 Å². The molecule has 0 spiro atoms. The van der Waals surface area contributed by atoms with E-state index in [1.807, 2.05) is 35.9 Å². The third-order valence-corrected chi connectivity index (χ3v) is 5.92. The van der Waals surface area contributed by atoms with Gasteiger partial charge in [0.2, 0.25) is 5.82 Å². The van der Waals surface area contributed by atoms with E-state index in [0.29, 0.717) is 29.9 Å². The van der Waals surface area contributed by atoms with E-state index in [4.69, 9.17) is 9.26 Å². The average molecular weight is 414 g/mol. The van der Waals surface area contributed by atoms with E-state index >= 15 is 0 Å². The number of aromatic nitrogens is 4. The number of ether oxygens (including phenoxy) is 1. The van der Waals surface area contributed by atoms with Gasteiger partial charge in [-0.2, -0.15) is 10.1 Å². The largest absolute Gasteiger partial charge is 0.381 e. The predicted molar refractivity (Wildman–Crippen MR) is 118 cm³/mol. The fourth-order valence-corrected chi connectivity index (χ4v) is 4.20. The number of aryl methyl sites for hydroxylation is 2. The first-order valence-electron chi connectivity index (χ1n) is 10.7. The Morgan fingerprint density at radius 3 is 2.77 bits per heavy atom. The van der Waals surface area contributed by atoms with Gasteiger partial charge in [0.25, 0.3) is 5.89 Å². The second-order valence-corrected chi connectivity index (χ2v) is 8.12. The molecular weight excluding hydrogens is 388 g/mol. The summed E-state index contributed by atoms with van der Waals surface area (Å²) >= 11 is 0. The van der Waals surface area contributed by atoms with Gasteiger partial charge in [-0.3, -0.25) is 4.68 Å². The van der Waals surface area contributed by atoms with E-state index < -0.39 is 0 Å². The quantitative estimate of drug-likeness (QED) is 0.463. The second-order valence-electron chi connectivity index (χ2n) is 8.12. The van der Waals surface area contributed by atoms with Crippen LogP contribution in [0.5, 0.6) is 0 Å².